The Labute approximate surface area is 72.6 Å². The van der Waals surface area contributed by atoms with Gasteiger partial charge in [-0.15, -0.1) is 0 Å². The van der Waals surface area contributed by atoms with Crippen LogP contribution in [0.1, 0.15) is 11.5 Å². The number of aromatic nitrogens is 1. The van der Waals surface area contributed by atoms with E-state index in [0.29, 0.717) is 6.01 Å². The van der Waals surface area contributed by atoms with E-state index in [2.05, 4.69) is 10.3 Å². The van der Waals surface area contributed by atoms with Gasteiger partial charge in [0.15, 0.2) is 0 Å². The topological polar surface area (TPSA) is 41.3 Å². The van der Waals surface area contributed by atoms with Crippen molar-refractivity contribution in [2.45, 2.75) is 13.5 Å². The number of anilines is 1. The van der Waals surface area contributed by atoms with Crippen LogP contribution in [0.3, 0.4) is 0 Å². The molecule has 1 heterocycles. The molecule has 0 aromatic carbocycles. The molecule has 1 N–H and O–H groups in total. The lowest BCUT2D eigenvalue weighted by atomic mass is 10.4. The molecule has 0 atom stereocenters. The average Bonchev–Trinajstić information content (AvgIpc) is 2.34. The van der Waals surface area contributed by atoms with E-state index in [-0.39, 0.29) is 0 Å². The van der Waals surface area contributed by atoms with Gasteiger partial charge >= 0.3 is 0 Å². The Bertz CT molecular complexity index is 255. The number of nitrogens with one attached hydrogen (secondary N) is 1. The zero-order valence-electron chi connectivity index (χ0n) is 8.01. The van der Waals surface area contributed by atoms with E-state index in [1.165, 1.54) is 0 Å². The van der Waals surface area contributed by atoms with Gasteiger partial charge in [0.05, 0.1) is 12.2 Å². The Morgan fingerprint density at radius 1 is 1.50 bits per heavy atom. The van der Waals surface area contributed by atoms with Crippen LogP contribution >= 0.6 is 0 Å². The third kappa shape index (κ3) is 1.76. The van der Waals surface area contributed by atoms with Gasteiger partial charge in [-0.25, -0.2) is 0 Å². The first-order valence-corrected chi connectivity index (χ1v) is 3.93. The molecule has 0 bridgehead atoms. The van der Waals surface area contributed by atoms with Gasteiger partial charge in [0.2, 0.25) is 0 Å². The van der Waals surface area contributed by atoms with Crippen molar-refractivity contribution in [3.8, 4) is 0 Å². The molecule has 0 unspecified atom stereocenters. The summed E-state index contributed by atoms with van der Waals surface area (Å²) in [5, 5.41) is 3.02. The van der Waals surface area contributed by atoms with Crippen molar-refractivity contribution in [1.29, 1.82) is 0 Å². The van der Waals surface area contributed by atoms with E-state index in [1.54, 1.807) is 0 Å². The molecule has 0 aliphatic carbocycles. The summed E-state index contributed by atoms with van der Waals surface area (Å²) >= 11 is 0. The second-order valence-corrected chi connectivity index (χ2v) is 2.93. The molecule has 0 radical (unpaired) electrons. The summed E-state index contributed by atoms with van der Waals surface area (Å²) in [6.45, 7) is 2.68. The van der Waals surface area contributed by atoms with Crippen molar-refractivity contribution in [2.24, 2.45) is 0 Å². The molecule has 0 fully saturated rings. The Morgan fingerprint density at radius 2 is 2.17 bits per heavy atom. The van der Waals surface area contributed by atoms with Crippen LogP contribution in [-0.4, -0.2) is 26.1 Å². The molecule has 1 rings (SSSR count). The van der Waals surface area contributed by atoms with Crippen molar-refractivity contribution in [1.82, 2.24) is 10.3 Å². The minimum atomic E-state index is 0.665. The first-order valence-electron chi connectivity index (χ1n) is 3.93. The van der Waals surface area contributed by atoms with E-state index in [1.807, 2.05) is 33.0 Å². The van der Waals surface area contributed by atoms with Gasteiger partial charge in [0.25, 0.3) is 6.01 Å². The highest BCUT2D eigenvalue weighted by Crippen LogP contribution is 2.15. The molecule has 4 heteroatoms. The fraction of sp³-hybridized carbons (Fsp3) is 0.625. The lowest BCUT2D eigenvalue weighted by molar-refractivity contribution is 0.490. The van der Waals surface area contributed by atoms with Crippen LogP contribution in [0, 0.1) is 6.92 Å². The quantitative estimate of drug-likeness (QED) is 0.725. The summed E-state index contributed by atoms with van der Waals surface area (Å²) in [7, 11) is 5.71. The molecule has 12 heavy (non-hydrogen) atoms. The third-order valence-electron chi connectivity index (χ3n) is 1.60. The SMILES string of the molecule is CNCc1oc(N(C)C)nc1C. The number of rotatable bonds is 3. The number of nitrogens with zero attached hydrogens (tertiary/aromatic N) is 2. The third-order valence-corrected chi connectivity index (χ3v) is 1.60. The number of aryl methyl sites for hydroxylation is 1. The number of oxazole rings is 1. The predicted octanol–water partition coefficient (Wildman–Crippen LogP) is 0.768. The summed E-state index contributed by atoms with van der Waals surface area (Å²) in [5.41, 5.74) is 0.952. The van der Waals surface area contributed by atoms with Crippen molar-refractivity contribution in [2.75, 3.05) is 26.0 Å². The van der Waals surface area contributed by atoms with Crippen LogP contribution < -0.4 is 10.2 Å². The molecule has 1 aromatic heterocycles. The van der Waals surface area contributed by atoms with Crippen LogP contribution in [0.15, 0.2) is 4.42 Å². The predicted molar refractivity (Wildman–Crippen MR) is 48.3 cm³/mol. The number of hydrogen-bond acceptors (Lipinski definition) is 4. The summed E-state index contributed by atoms with van der Waals surface area (Å²) in [5.74, 6) is 0.904. The van der Waals surface area contributed by atoms with E-state index >= 15 is 0 Å². The van der Waals surface area contributed by atoms with Crippen molar-refractivity contribution in [3.63, 3.8) is 0 Å². The molecular formula is C8H15N3O. The first kappa shape index (κ1) is 9.06. The van der Waals surface area contributed by atoms with E-state index in [9.17, 15) is 0 Å². The van der Waals surface area contributed by atoms with Crippen LogP contribution in [-0.2, 0) is 6.54 Å². The highest BCUT2D eigenvalue weighted by atomic mass is 16.4. The fourth-order valence-electron chi connectivity index (χ4n) is 0.929. The Balaban J connectivity index is 2.85. The van der Waals surface area contributed by atoms with Crippen LogP contribution in [0.4, 0.5) is 6.01 Å². The standard InChI is InChI=1S/C8H15N3O/c1-6-7(5-9-2)12-8(10-6)11(3)4/h9H,5H2,1-4H3. The second kappa shape index (κ2) is 3.58. The lowest BCUT2D eigenvalue weighted by Gasteiger charge is -2.03. The van der Waals surface area contributed by atoms with Gasteiger partial charge in [0.1, 0.15) is 5.76 Å². The fourth-order valence-corrected chi connectivity index (χ4v) is 0.929. The minimum absolute atomic E-state index is 0.665. The van der Waals surface area contributed by atoms with Gasteiger partial charge in [-0.1, -0.05) is 0 Å². The van der Waals surface area contributed by atoms with Crippen molar-refractivity contribution < 1.29 is 4.42 Å². The minimum Gasteiger partial charge on any atom is -0.427 e. The molecule has 0 saturated heterocycles. The lowest BCUT2D eigenvalue weighted by Crippen LogP contribution is -2.08. The molecule has 4 nitrogen and oxygen atoms in total. The second-order valence-electron chi connectivity index (χ2n) is 2.93. The van der Waals surface area contributed by atoms with Gasteiger partial charge in [-0.3, -0.25) is 0 Å². The van der Waals surface area contributed by atoms with E-state index < -0.39 is 0 Å². The molecule has 0 aliphatic heterocycles. The molecule has 0 saturated carbocycles. The zero-order valence-corrected chi connectivity index (χ0v) is 8.01. The first-order chi connectivity index (χ1) is 5.65. The largest absolute Gasteiger partial charge is 0.427 e. The van der Waals surface area contributed by atoms with Gasteiger partial charge in [-0.2, -0.15) is 4.98 Å². The molecule has 0 spiro atoms. The van der Waals surface area contributed by atoms with E-state index in [0.717, 1.165) is 18.0 Å². The molecule has 68 valence electrons. The number of hydrogen-bond donors (Lipinski definition) is 1. The van der Waals surface area contributed by atoms with E-state index in [4.69, 9.17) is 4.42 Å². The van der Waals surface area contributed by atoms with Gasteiger partial charge in [0, 0.05) is 14.1 Å². The molecule has 0 aliphatic rings. The Morgan fingerprint density at radius 3 is 2.58 bits per heavy atom. The Kier molecular flexibility index (Phi) is 2.70. The molecule has 0 amide bonds. The van der Waals surface area contributed by atoms with Crippen molar-refractivity contribution >= 4 is 6.01 Å². The smallest absolute Gasteiger partial charge is 0.297 e. The van der Waals surface area contributed by atoms with Crippen LogP contribution in [0.2, 0.25) is 0 Å². The highest BCUT2D eigenvalue weighted by molar-refractivity contribution is 5.26. The highest BCUT2D eigenvalue weighted by Gasteiger charge is 2.09. The van der Waals surface area contributed by atoms with Crippen LogP contribution in [0.5, 0.6) is 0 Å². The maximum atomic E-state index is 5.47. The average molecular weight is 169 g/mol. The zero-order chi connectivity index (χ0) is 9.14. The normalized spacial score (nSPS) is 10.3. The Hall–Kier alpha value is -1.03. The van der Waals surface area contributed by atoms with Gasteiger partial charge in [-0.05, 0) is 14.0 Å². The summed E-state index contributed by atoms with van der Waals surface area (Å²) in [6.07, 6.45) is 0. The summed E-state index contributed by atoms with van der Waals surface area (Å²) in [4.78, 5) is 6.10. The monoisotopic (exact) mass is 169 g/mol. The molecule has 1 aromatic rings. The molecular weight excluding hydrogens is 154 g/mol. The summed E-state index contributed by atoms with van der Waals surface area (Å²) in [6, 6.07) is 0.665. The summed E-state index contributed by atoms with van der Waals surface area (Å²) < 4.78 is 5.47. The maximum Gasteiger partial charge on any atom is 0.297 e. The van der Waals surface area contributed by atoms with Crippen LogP contribution in [0.25, 0.3) is 0 Å². The van der Waals surface area contributed by atoms with Gasteiger partial charge < -0.3 is 14.6 Å². The maximum absolute atomic E-state index is 5.47. The van der Waals surface area contributed by atoms with Crippen molar-refractivity contribution in [3.05, 3.63) is 11.5 Å².